The van der Waals surface area contributed by atoms with Crippen LogP contribution < -0.4 is 0 Å². The van der Waals surface area contributed by atoms with Crippen molar-refractivity contribution in [3.63, 3.8) is 0 Å². The third-order valence-electron chi connectivity index (χ3n) is 5.64. The average molecular weight is 476 g/mol. The summed E-state index contributed by atoms with van der Waals surface area (Å²) in [5.74, 6) is 0.00444. The van der Waals surface area contributed by atoms with Gasteiger partial charge < -0.3 is 4.52 Å². The van der Waals surface area contributed by atoms with Crippen LogP contribution in [0.5, 0.6) is 0 Å². The van der Waals surface area contributed by atoms with Crippen LogP contribution >= 0.6 is 0 Å². The maximum absolute atomic E-state index is 12.9. The first-order valence-corrected chi connectivity index (χ1v) is 13.4. The number of rotatable bonds is 6. The van der Waals surface area contributed by atoms with E-state index in [1.54, 1.807) is 48.5 Å². The van der Waals surface area contributed by atoms with Crippen molar-refractivity contribution in [1.29, 1.82) is 0 Å². The summed E-state index contributed by atoms with van der Waals surface area (Å²) >= 11 is 0. The maximum Gasteiger partial charge on any atom is 0.243 e. The van der Waals surface area contributed by atoms with Crippen molar-refractivity contribution in [2.45, 2.75) is 48.2 Å². The monoisotopic (exact) mass is 475 g/mol. The van der Waals surface area contributed by atoms with Crippen molar-refractivity contribution in [3.8, 4) is 0 Å². The van der Waals surface area contributed by atoms with Crippen LogP contribution in [0.1, 0.15) is 41.6 Å². The van der Waals surface area contributed by atoms with Crippen molar-refractivity contribution >= 4 is 19.9 Å². The molecule has 8 nitrogen and oxygen atoms in total. The predicted molar refractivity (Wildman–Crippen MR) is 118 cm³/mol. The molecule has 0 saturated carbocycles. The highest BCUT2D eigenvalue weighted by atomic mass is 32.2. The second kappa shape index (κ2) is 8.76. The highest BCUT2D eigenvalue weighted by molar-refractivity contribution is 7.90. The van der Waals surface area contributed by atoms with Crippen molar-refractivity contribution in [3.05, 3.63) is 71.4 Å². The van der Waals surface area contributed by atoms with Gasteiger partial charge in [-0.05, 0) is 51.0 Å². The van der Waals surface area contributed by atoms with E-state index in [1.807, 2.05) is 13.8 Å². The lowest BCUT2D eigenvalue weighted by Crippen LogP contribution is -2.37. The van der Waals surface area contributed by atoms with Gasteiger partial charge in [0.2, 0.25) is 15.9 Å². The molecule has 2 heterocycles. The lowest BCUT2D eigenvalue weighted by atomic mass is 9.98. The van der Waals surface area contributed by atoms with E-state index in [1.165, 1.54) is 4.31 Å². The normalized spacial score (nSPS) is 16.3. The van der Waals surface area contributed by atoms with Crippen molar-refractivity contribution in [2.24, 2.45) is 0 Å². The molecule has 0 amide bonds. The van der Waals surface area contributed by atoms with Gasteiger partial charge in [0.15, 0.2) is 15.7 Å². The first kappa shape index (κ1) is 22.6. The Morgan fingerprint density at radius 1 is 0.875 bits per heavy atom. The third kappa shape index (κ3) is 4.77. The zero-order chi connectivity index (χ0) is 22.9. The topological polar surface area (TPSA) is 110 Å². The van der Waals surface area contributed by atoms with Crippen LogP contribution in [-0.4, -0.2) is 44.4 Å². The Morgan fingerprint density at radius 2 is 1.41 bits per heavy atom. The van der Waals surface area contributed by atoms with E-state index >= 15 is 0 Å². The van der Waals surface area contributed by atoms with Crippen LogP contribution in [0.15, 0.2) is 62.8 Å². The smallest absolute Gasteiger partial charge is 0.243 e. The molecule has 3 aromatic rings. The second-order valence-electron chi connectivity index (χ2n) is 8.11. The summed E-state index contributed by atoms with van der Waals surface area (Å²) in [6.07, 6.45) is 1.05. The number of sulfonamides is 1. The minimum absolute atomic E-state index is 0.107. The van der Waals surface area contributed by atoms with Gasteiger partial charge in [-0.2, -0.15) is 9.29 Å². The first-order chi connectivity index (χ1) is 15.1. The van der Waals surface area contributed by atoms with Gasteiger partial charge in [0.05, 0.1) is 9.79 Å². The molecular formula is C22H25N3O5S2. The number of aromatic nitrogens is 2. The van der Waals surface area contributed by atoms with Gasteiger partial charge in [-0.3, -0.25) is 0 Å². The molecule has 1 aromatic heterocycles. The number of sulfone groups is 1. The molecule has 4 rings (SSSR count). The summed E-state index contributed by atoms with van der Waals surface area (Å²) < 4.78 is 57.8. The summed E-state index contributed by atoms with van der Waals surface area (Å²) in [6, 6.07) is 13.4. The van der Waals surface area contributed by atoms with Crippen LogP contribution in [0.3, 0.4) is 0 Å². The molecule has 1 saturated heterocycles. The van der Waals surface area contributed by atoms with Gasteiger partial charge in [0.25, 0.3) is 0 Å². The summed E-state index contributed by atoms with van der Waals surface area (Å²) in [4.78, 5) is 4.78. The van der Waals surface area contributed by atoms with E-state index in [9.17, 15) is 16.8 Å². The van der Waals surface area contributed by atoms with Crippen molar-refractivity contribution in [2.75, 3.05) is 13.1 Å². The molecule has 0 spiro atoms. The Morgan fingerprint density at radius 3 is 1.97 bits per heavy atom. The molecule has 0 unspecified atom stereocenters. The molecule has 10 heteroatoms. The van der Waals surface area contributed by atoms with E-state index in [2.05, 4.69) is 10.1 Å². The van der Waals surface area contributed by atoms with Crippen molar-refractivity contribution < 1.29 is 21.4 Å². The minimum atomic E-state index is -3.58. The van der Waals surface area contributed by atoms with Gasteiger partial charge in [-0.15, -0.1) is 0 Å². The Kier molecular flexibility index (Phi) is 6.19. The van der Waals surface area contributed by atoms with Gasteiger partial charge in [-0.25, -0.2) is 16.8 Å². The molecular weight excluding hydrogens is 450 g/mol. The molecule has 2 aromatic carbocycles. The molecule has 170 valence electrons. The van der Waals surface area contributed by atoms with E-state index in [0.717, 1.165) is 11.1 Å². The Bertz CT molecular complexity index is 1290. The Hall–Kier alpha value is -2.56. The lowest BCUT2D eigenvalue weighted by Gasteiger charge is -2.29. The fraction of sp³-hybridized carbons (Fsp3) is 0.364. The van der Waals surface area contributed by atoms with Crippen LogP contribution in [0, 0.1) is 13.8 Å². The first-order valence-electron chi connectivity index (χ1n) is 10.3. The molecule has 0 bridgehead atoms. The van der Waals surface area contributed by atoms with Crippen LogP contribution in [0.25, 0.3) is 0 Å². The minimum Gasteiger partial charge on any atom is -0.339 e. The predicted octanol–water partition coefficient (Wildman–Crippen LogP) is 3.23. The molecule has 1 aliphatic rings. The van der Waals surface area contributed by atoms with E-state index in [0.29, 0.717) is 31.8 Å². The number of nitrogens with zero attached hydrogens (tertiary/aromatic N) is 3. The Balaban J connectivity index is 1.41. The molecule has 0 aliphatic carbocycles. The second-order valence-corrected chi connectivity index (χ2v) is 12.0. The number of hydrogen-bond acceptors (Lipinski definition) is 7. The summed E-state index contributed by atoms with van der Waals surface area (Å²) in [6.45, 7) is 4.46. The number of hydrogen-bond donors (Lipinski definition) is 0. The Labute approximate surface area is 188 Å². The largest absolute Gasteiger partial charge is 0.339 e. The highest BCUT2D eigenvalue weighted by Crippen LogP contribution is 2.30. The summed E-state index contributed by atoms with van der Waals surface area (Å²) in [7, 11) is -7.13. The molecule has 32 heavy (non-hydrogen) atoms. The molecule has 0 radical (unpaired) electrons. The van der Waals surface area contributed by atoms with Gasteiger partial charge in [0, 0.05) is 19.0 Å². The van der Waals surface area contributed by atoms with Crippen molar-refractivity contribution in [1.82, 2.24) is 14.4 Å². The maximum atomic E-state index is 12.9. The SMILES string of the molecule is Cc1ccc(S(=O)(=O)Cc2noc(C3CCN(S(=O)(=O)c4ccc(C)cc4)CC3)n2)cc1. The van der Waals surface area contributed by atoms with E-state index in [-0.39, 0.29) is 27.3 Å². The van der Waals surface area contributed by atoms with Crippen LogP contribution in [0.2, 0.25) is 0 Å². The number of aryl methyl sites for hydroxylation is 2. The molecule has 1 fully saturated rings. The molecule has 0 N–H and O–H groups in total. The zero-order valence-electron chi connectivity index (χ0n) is 17.9. The van der Waals surface area contributed by atoms with Gasteiger partial charge in [0.1, 0.15) is 5.75 Å². The van der Waals surface area contributed by atoms with E-state index < -0.39 is 19.9 Å². The van der Waals surface area contributed by atoms with E-state index in [4.69, 9.17) is 4.52 Å². The fourth-order valence-corrected chi connectivity index (χ4v) is 6.34. The highest BCUT2D eigenvalue weighted by Gasteiger charge is 2.32. The van der Waals surface area contributed by atoms with Crippen LogP contribution in [0.4, 0.5) is 0 Å². The number of piperidine rings is 1. The third-order valence-corrected chi connectivity index (χ3v) is 9.19. The number of benzene rings is 2. The van der Waals surface area contributed by atoms with Crippen LogP contribution in [-0.2, 0) is 25.6 Å². The quantitative estimate of drug-likeness (QED) is 0.538. The zero-order valence-corrected chi connectivity index (χ0v) is 19.6. The summed E-state index contributed by atoms with van der Waals surface area (Å²) in [5, 5.41) is 3.85. The average Bonchev–Trinajstić information content (AvgIpc) is 3.22. The fourth-order valence-electron chi connectivity index (χ4n) is 3.69. The summed E-state index contributed by atoms with van der Waals surface area (Å²) in [5.41, 5.74) is 1.97. The standard InChI is InChI=1S/C22H25N3O5S2/c1-16-3-7-19(8-4-16)31(26,27)15-21-23-22(30-24-21)18-11-13-25(14-12-18)32(28,29)20-9-5-17(2)6-10-20/h3-10,18H,11-15H2,1-2H3. The van der Waals surface area contributed by atoms with Gasteiger partial charge >= 0.3 is 0 Å². The van der Waals surface area contributed by atoms with Gasteiger partial charge in [-0.1, -0.05) is 40.5 Å². The molecule has 0 atom stereocenters. The molecule has 1 aliphatic heterocycles. The lowest BCUT2D eigenvalue weighted by molar-refractivity contribution is 0.270.